The van der Waals surface area contributed by atoms with E-state index in [2.05, 4.69) is 34.5 Å². The molecule has 0 radical (unpaired) electrons. The largest absolute Gasteiger partial charge is 0.488 e. The highest BCUT2D eigenvalue weighted by Gasteiger charge is 2.51. The summed E-state index contributed by atoms with van der Waals surface area (Å²) in [4.78, 5) is 56.1. The van der Waals surface area contributed by atoms with E-state index in [-0.39, 0.29) is 106 Å². The van der Waals surface area contributed by atoms with E-state index >= 15 is 17.6 Å². The topological polar surface area (TPSA) is 181 Å². The number of aliphatic hydroxyl groups excluding tert-OH is 1. The van der Waals surface area contributed by atoms with Crippen LogP contribution in [-0.4, -0.2) is 106 Å². The second-order valence-electron chi connectivity index (χ2n) is 22.2. The number of imide groups is 1. The van der Waals surface area contributed by atoms with Crippen LogP contribution in [0.4, 0.5) is 17.6 Å². The Kier molecular flexibility index (Phi) is 15.2. The highest BCUT2D eigenvalue weighted by atomic mass is 35.5. The molecule has 4 aromatic carbocycles. The molecule has 19 heteroatoms. The zero-order valence-corrected chi connectivity index (χ0v) is 44.6. The van der Waals surface area contributed by atoms with Gasteiger partial charge < -0.3 is 35.4 Å². The Bertz CT molecular complexity index is 3120. The molecule has 4 atom stereocenters. The van der Waals surface area contributed by atoms with E-state index < -0.39 is 69.6 Å². The van der Waals surface area contributed by atoms with Crippen LogP contribution in [-0.2, 0) is 27.0 Å². The number of carbonyl (C=O) groups is 4. The number of likely N-dealkylation sites (tertiary alicyclic amines) is 2. The van der Waals surface area contributed by atoms with Gasteiger partial charge in [-0.05, 0) is 113 Å². The summed E-state index contributed by atoms with van der Waals surface area (Å²) >= 11 is 6.74. The number of ether oxygens (including phenoxy) is 2. The van der Waals surface area contributed by atoms with Crippen molar-refractivity contribution in [3.05, 3.63) is 111 Å². The molecule has 0 spiro atoms. The van der Waals surface area contributed by atoms with E-state index in [1.807, 2.05) is 42.2 Å². The van der Waals surface area contributed by atoms with Crippen LogP contribution in [0.5, 0.6) is 11.5 Å². The lowest BCUT2D eigenvalue weighted by Crippen LogP contribution is -2.52. The molecular weight excluding hydrogens is 1020 g/mol. The molecule has 10 rings (SSSR count). The van der Waals surface area contributed by atoms with E-state index in [0.29, 0.717) is 76.2 Å². The number of hydrogen-bond acceptors (Lipinski definition) is 10. The van der Waals surface area contributed by atoms with Gasteiger partial charge in [0.15, 0.2) is 23.0 Å². The van der Waals surface area contributed by atoms with Gasteiger partial charge in [-0.25, -0.2) is 17.6 Å². The molecule has 4 amide bonds. The maximum Gasteiger partial charge on any atom is 0.249 e. The number of amides is 4. The highest BCUT2D eigenvalue weighted by Crippen LogP contribution is 2.57. The number of carbonyl (C=O) groups excluding carboxylic acids is 4. The maximum absolute atomic E-state index is 16.5. The minimum absolute atomic E-state index is 0.00893. The van der Waals surface area contributed by atoms with Crippen LogP contribution in [0.3, 0.4) is 0 Å². The van der Waals surface area contributed by atoms with Crippen LogP contribution in [0.25, 0.3) is 22.0 Å². The molecule has 1 saturated carbocycles. The number of piperidine rings is 3. The van der Waals surface area contributed by atoms with Crippen LogP contribution in [0, 0.1) is 34.6 Å². The smallest absolute Gasteiger partial charge is 0.249 e. The van der Waals surface area contributed by atoms with E-state index in [9.17, 15) is 24.3 Å². The van der Waals surface area contributed by atoms with Gasteiger partial charge in [-0.15, -0.1) is 0 Å². The van der Waals surface area contributed by atoms with Gasteiger partial charge in [-0.2, -0.15) is 5.10 Å². The fraction of sp³-hybridized carbons (Fsp3) is 0.500. The van der Waals surface area contributed by atoms with Gasteiger partial charge in [0.2, 0.25) is 23.6 Å². The highest BCUT2D eigenvalue weighted by molar-refractivity contribution is 6.34. The van der Waals surface area contributed by atoms with Gasteiger partial charge in [-0.3, -0.25) is 29.2 Å². The van der Waals surface area contributed by atoms with Crippen molar-refractivity contribution in [2.24, 2.45) is 24.1 Å². The number of fused-ring (bicyclic) bond motifs is 2. The minimum Gasteiger partial charge on any atom is -0.488 e. The third-order valence-electron chi connectivity index (χ3n) is 17.8. The first-order valence-electron chi connectivity index (χ1n) is 26.9. The van der Waals surface area contributed by atoms with Crippen molar-refractivity contribution in [3.63, 3.8) is 0 Å². The molecule has 5 heterocycles. The summed E-state index contributed by atoms with van der Waals surface area (Å²) in [6, 6.07) is 14.7. The second-order valence-corrected chi connectivity index (χ2v) is 22.5. The fourth-order valence-corrected chi connectivity index (χ4v) is 13.6. The number of hydrogen-bond donors (Lipinski definition) is 4. The van der Waals surface area contributed by atoms with Gasteiger partial charge >= 0.3 is 0 Å². The number of benzene rings is 4. The van der Waals surface area contributed by atoms with Crippen LogP contribution < -0.4 is 25.8 Å². The summed E-state index contributed by atoms with van der Waals surface area (Å²) in [6.07, 6.45) is 5.96. The van der Waals surface area contributed by atoms with E-state index in [4.69, 9.17) is 26.8 Å². The third kappa shape index (κ3) is 9.85. The number of aliphatic hydroxyl groups is 1. The molecule has 5 N–H and O–H groups in total. The summed E-state index contributed by atoms with van der Waals surface area (Å²) in [5.41, 5.74) is 5.09. The van der Waals surface area contributed by atoms with Crippen LogP contribution in [0.15, 0.2) is 54.6 Å². The number of nitrogens with one attached hydrogen (secondary N) is 2. The molecule has 410 valence electrons. The summed E-state index contributed by atoms with van der Waals surface area (Å²) in [5.74, 6) is -6.33. The van der Waals surface area contributed by atoms with Gasteiger partial charge in [0.1, 0.15) is 29.5 Å². The Morgan fingerprint density at radius 2 is 1.64 bits per heavy atom. The van der Waals surface area contributed by atoms with Crippen LogP contribution in [0.1, 0.15) is 135 Å². The average molecular weight is 1080 g/mol. The number of aryl methyl sites for hydroxylation is 1. The number of aromatic nitrogens is 2. The molecule has 4 unspecified atom stereocenters. The van der Waals surface area contributed by atoms with Crippen molar-refractivity contribution < 1.29 is 51.3 Å². The van der Waals surface area contributed by atoms with Gasteiger partial charge in [0, 0.05) is 90.2 Å². The summed E-state index contributed by atoms with van der Waals surface area (Å²) < 4.78 is 78.4. The van der Waals surface area contributed by atoms with E-state index in [0.717, 1.165) is 18.4 Å². The zero-order valence-electron chi connectivity index (χ0n) is 43.8. The Hall–Kier alpha value is -6.08. The number of primary amides is 1. The minimum atomic E-state index is -1.14. The molecule has 5 aromatic rings. The molecular formula is C58H66ClF4N7O7. The Morgan fingerprint density at radius 1 is 0.935 bits per heavy atom. The van der Waals surface area contributed by atoms with Crippen LogP contribution in [0.2, 0.25) is 5.02 Å². The molecule has 77 heavy (non-hydrogen) atoms. The molecule has 1 aromatic heterocycles. The lowest BCUT2D eigenvalue weighted by molar-refractivity contribution is -0.145. The predicted molar refractivity (Wildman–Crippen MR) is 282 cm³/mol. The standard InChI is InChI=1S/C58H66ClF4N7O7/c1-31-45-43(29-41(61)49(59)48(45)47-37(54(64)73)10-12-42(50(47)62)76-27-26-71)77-58(31,35-8-6-5-7-9-35)30-65-36-14-20-57(3,21-15-36)56(75)70-24-16-33(17-25-70)32(2)69-22-18-34(19-23-69)46-40(60)28-39-52(67-68(4)53(39)51(46)63)38-11-13-44(72)66-55(38)74/h5-10,12,28-29,31-34,36,38,65,71H,11,13-27,30H2,1-4H3,(H2,64,73)(H,66,72,74). The molecule has 0 bridgehead atoms. The van der Waals surface area contributed by atoms with Crippen molar-refractivity contribution in [2.45, 2.75) is 120 Å². The fourth-order valence-electron chi connectivity index (χ4n) is 13.3. The van der Waals surface area contributed by atoms with Crippen molar-refractivity contribution >= 4 is 46.1 Å². The van der Waals surface area contributed by atoms with Crippen molar-refractivity contribution in [1.29, 1.82) is 0 Å². The first-order valence-corrected chi connectivity index (χ1v) is 27.3. The van der Waals surface area contributed by atoms with Gasteiger partial charge in [0.25, 0.3) is 0 Å². The van der Waals surface area contributed by atoms with Crippen molar-refractivity contribution in [1.82, 2.24) is 30.2 Å². The first kappa shape index (κ1) is 54.3. The lowest BCUT2D eigenvalue weighted by atomic mass is 9.72. The van der Waals surface area contributed by atoms with Crippen molar-refractivity contribution in [3.8, 4) is 22.6 Å². The monoisotopic (exact) mass is 1080 g/mol. The number of nitrogens with zero attached hydrogens (tertiary/aromatic N) is 4. The zero-order chi connectivity index (χ0) is 54.7. The molecule has 1 aliphatic carbocycles. The molecule has 3 saturated heterocycles. The van der Waals surface area contributed by atoms with E-state index in [1.165, 1.54) is 28.9 Å². The number of rotatable bonds is 14. The van der Waals surface area contributed by atoms with E-state index in [1.54, 1.807) is 7.05 Å². The summed E-state index contributed by atoms with van der Waals surface area (Å²) in [7, 11) is 1.59. The molecule has 4 aliphatic heterocycles. The molecule has 4 fully saturated rings. The van der Waals surface area contributed by atoms with Gasteiger partial charge in [-0.1, -0.05) is 55.8 Å². The predicted octanol–water partition coefficient (Wildman–Crippen LogP) is 8.88. The number of nitrogens with two attached hydrogens (primary N) is 1. The normalized spacial score (nSPS) is 24.9. The maximum atomic E-state index is 16.5. The van der Waals surface area contributed by atoms with Crippen molar-refractivity contribution in [2.75, 3.05) is 45.9 Å². The Morgan fingerprint density at radius 3 is 2.30 bits per heavy atom. The Balaban J connectivity index is 0.760. The Labute approximate surface area is 449 Å². The third-order valence-corrected chi connectivity index (χ3v) is 18.2. The lowest BCUT2D eigenvalue weighted by Gasteiger charge is -2.45. The average Bonchev–Trinajstić information content (AvgIpc) is 4.09. The quantitative estimate of drug-likeness (QED) is 0.0620. The first-order chi connectivity index (χ1) is 36.8. The molecule has 5 aliphatic rings. The second kappa shape index (κ2) is 21.6. The van der Waals surface area contributed by atoms with Gasteiger partial charge in [0.05, 0.1) is 28.8 Å². The SMILES string of the molecule is CC(C1CCN(C(=O)C2(C)CCC(NCC3(c4ccccc4)Oc4cc(F)c(Cl)c(-c5c(C(N)=O)ccc(OCCO)c5F)c4C3C)CC2)CC1)N1CCC(c2c(F)cc3c(C4CCC(=O)NC4=O)nn(C)c3c2F)CC1. The molecule has 14 nitrogen and oxygen atoms in total. The van der Waals surface area contributed by atoms with Crippen LogP contribution >= 0.6 is 11.6 Å². The number of halogens is 5. The summed E-state index contributed by atoms with van der Waals surface area (Å²) in [6.45, 7) is 8.46. The summed E-state index contributed by atoms with van der Waals surface area (Å²) in [5, 5.41) is 19.7.